The highest BCUT2D eigenvalue weighted by molar-refractivity contribution is 5.95. The lowest BCUT2D eigenvalue weighted by molar-refractivity contribution is -0.137. The van der Waals surface area contributed by atoms with E-state index in [-0.39, 0.29) is 5.41 Å². The third kappa shape index (κ3) is 4.82. The Morgan fingerprint density at radius 1 is 0.920 bits per heavy atom. The van der Waals surface area contributed by atoms with E-state index in [9.17, 15) is 18.0 Å². The standard InChI is InChI=1S/C19H21F3N2O/c1-18(2,3)13-8-10-15(11-9-13)24-17(25)16(23)12-4-6-14(7-5-12)19(20,21)22/h4-11,16H,23H2,1-3H3,(H,24,25)/t16-/m1/s1. The molecule has 2 aromatic carbocycles. The first-order valence-electron chi connectivity index (χ1n) is 7.82. The summed E-state index contributed by atoms with van der Waals surface area (Å²) in [6, 6.07) is 10.6. The van der Waals surface area contributed by atoms with E-state index in [2.05, 4.69) is 26.1 Å². The number of hydrogen-bond acceptors (Lipinski definition) is 2. The van der Waals surface area contributed by atoms with Gasteiger partial charge < -0.3 is 11.1 Å². The third-order valence-electron chi connectivity index (χ3n) is 3.90. The number of nitrogens with one attached hydrogen (secondary N) is 1. The van der Waals surface area contributed by atoms with Gasteiger partial charge in [-0.2, -0.15) is 13.2 Å². The van der Waals surface area contributed by atoms with Crippen LogP contribution in [0.5, 0.6) is 0 Å². The van der Waals surface area contributed by atoms with Gasteiger partial charge in [0.05, 0.1) is 5.56 Å². The van der Waals surface area contributed by atoms with Crippen molar-refractivity contribution >= 4 is 11.6 Å². The van der Waals surface area contributed by atoms with Gasteiger partial charge in [-0.15, -0.1) is 0 Å². The number of anilines is 1. The van der Waals surface area contributed by atoms with Gasteiger partial charge in [0.2, 0.25) is 5.91 Å². The van der Waals surface area contributed by atoms with Gasteiger partial charge in [0, 0.05) is 5.69 Å². The average molecular weight is 350 g/mol. The van der Waals surface area contributed by atoms with Gasteiger partial charge in [0.1, 0.15) is 6.04 Å². The Morgan fingerprint density at radius 2 is 1.40 bits per heavy atom. The first kappa shape index (κ1) is 19.0. The molecule has 0 bridgehead atoms. The molecule has 0 spiro atoms. The molecule has 0 aliphatic carbocycles. The summed E-state index contributed by atoms with van der Waals surface area (Å²) < 4.78 is 37.7. The van der Waals surface area contributed by atoms with Crippen molar-refractivity contribution < 1.29 is 18.0 Å². The largest absolute Gasteiger partial charge is 0.416 e. The zero-order valence-electron chi connectivity index (χ0n) is 14.3. The van der Waals surface area contributed by atoms with Gasteiger partial charge in [0.25, 0.3) is 0 Å². The Labute approximate surface area is 145 Å². The quantitative estimate of drug-likeness (QED) is 0.847. The van der Waals surface area contributed by atoms with Crippen molar-refractivity contribution in [1.29, 1.82) is 0 Å². The number of halogens is 3. The van der Waals surface area contributed by atoms with Crippen LogP contribution in [-0.4, -0.2) is 5.91 Å². The minimum Gasteiger partial charge on any atom is -0.324 e. The lowest BCUT2D eigenvalue weighted by Crippen LogP contribution is -2.27. The number of alkyl halides is 3. The Kier molecular flexibility index (Phi) is 5.23. The first-order valence-corrected chi connectivity index (χ1v) is 7.82. The van der Waals surface area contributed by atoms with Crippen molar-refractivity contribution in [3.63, 3.8) is 0 Å². The monoisotopic (exact) mass is 350 g/mol. The molecule has 0 aromatic heterocycles. The van der Waals surface area contributed by atoms with Gasteiger partial charge >= 0.3 is 6.18 Å². The summed E-state index contributed by atoms with van der Waals surface area (Å²) in [5.74, 6) is -0.483. The highest BCUT2D eigenvalue weighted by Gasteiger charge is 2.30. The van der Waals surface area contributed by atoms with Gasteiger partial charge in [-0.3, -0.25) is 4.79 Å². The molecule has 1 amide bonds. The lowest BCUT2D eigenvalue weighted by atomic mass is 9.87. The third-order valence-corrected chi connectivity index (χ3v) is 3.90. The molecule has 2 aromatic rings. The molecule has 0 saturated carbocycles. The van der Waals surface area contributed by atoms with Crippen LogP contribution in [0.4, 0.5) is 18.9 Å². The van der Waals surface area contributed by atoms with Crippen LogP contribution in [0.25, 0.3) is 0 Å². The fraction of sp³-hybridized carbons (Fsp3) is 0.316. The Bertz CT molecular complexity index is 729. The summed E-state index contributed by atoms with van der Waals surface area (Å²) in [6.45, 7) is 6.25. The van der Waals surface area contributed by atoms with Crippen LogP contribution in [0.3, 0.4) is 0 Å². The van der Waals surface area contributed by atoms with E-state index in [1.165, 1.54) is 12.1 Å². The summed E-state index contributed by atoms with van der Waals surface area (Å²) in [7, 11) is 0. The second kappa shape index (κ2) is 6.88. The van der Waals surface area contributed by atoms with Gasteiger partial charge in [-0.25, -0.2) is 0 Å². The number of amides is 1. The number of carbonyl (C=O) groups is 1. The molecule has 25 heavy (non-hydrogen) atoms. The number of benzene rings is 2. The zero-order chi connectivity index (χ0) is 18.8. The molecule has 134 valence electrons. The number of nitrogens with two attached hydrogens (primary N) is 1. The summed E-state index contributed by atoms with van der Waals surface area (Å²) in [6.07, 6.45) is -4.42. The normalized spacial score (nSPS) is 13.4. The van der Waals surface area contributed by atoms with Crippen molar-refractivity contribution in [1.82, 2.24) is 0 Å². The molecule has 0 radical (unpaired) electrons. The number of rotatable bonds is 3. The zero-order valence-corrected chi connectivity index (χ0v) is 14.3. The van der Waals surface area contributed by atoms with Gasteiger partial charge in [-0.1, -0.05) is 45.0 Å². The minimum atomic E-state index is -4.42. The molecular formula is C19H21F3N2O. The Balaban J connectivity index is 2.07. The molecule has 6 heteroatoms. The van der Waals surface area contributed by atoms with Gasteiger partial charge in [-0.05, 0) is 40.8 Å². The second-order valence-corrected chi connectivity index (χ2v) is 6.91. The van der Waals surface area contributed by atoms with Crippen molar-refractivity contribution in [2.75, 3.05) is 5.32 Å². The lowest BCUT2D eigenvalue weighted by Gasteiger charge is -2.19. The number of carbonyl (C=O) groups excluding carboxylic acids is 1. The molecule has 0 saturated heterocycles. The van der Waals surface area contributed by atoms with E-state index >= 15 is 0 Å². The molecule has 3 N–H and O–H groups in total. The molecule has 0 unspecified atom stereocenters. The molecule has 0 fully saturated rings. The summed E-state index contributed by atoms with van der Waals surface area (Å²) >= 11 is 0. The van der Waals surface area contributed by atoms with E-state index in [0.717, 1.165) is 17.7 Å². The van der Waals surface area contributed by atoms with Crippen LogP contribution >= 0.6 is 0 Å². The van der Waals surface area contributed by atoms with E-state index in [0.29, 0.717) is 11.3 Å². The molecule has 2 rings (SSSR count). The van der Waals surface area contributed by atoms with Crippen LogP contribution < -0.4 is 11.1 Å². The fourth-order valence-corrected chi connectivity index (χ4v) is 2.30. The summed E-state index contributed by atoms with van der Waals surface area (Å²) in [5.41, 5.74) is 7.10. The smallest absolute Gasteiger partial charge is 0.324 e. The minimum absolute atomic E-state index is 0.000823. The van der Waals surface area contributed by atoms with Crippen molar-refractivity contribution in [3.05, 3.63) is 65.2 Å². The van der Waals surface area contributed by atoms with Crippen LogP contribution in [-0.2, 0) is 16.4 Å². The highest BCUT2D eigenvalue weighted by atomic mass is 19.4. The molecule has 0 aliphatic heterocycles. The maximum absolute atomic E-state index is 12.6. The summed E-state index contributed by atoms with van der Waals surface area (Å²) in [5, 5.41) is 2.68. The molecule has 0 aliphatic rings. The maximum Gasteiger partial charge on any atom is 0.416 e. The van der Waals surface area contributed by atoms with Crippen LogP contribution in [0.15, 0.2) is 48.5 Å². The van der Waals surface area contributed by atoms with Gasteiger partial charge in [0.15, 0.2) is 0 Å². The summed E-state index contributed by atoms with van der Waals surface area (Å²) in [4.78, 5) is 12.2. The maximum atomic E-state index is 12.6. The molecule has 1 atom stereocenters. The van der Waals surface area contributed by atoms with Crippen LogP contribution in [0.2, 0.25) is 0 Å². The van der Waals surface area contributed by atoms with E-state index in [1.54, 1.807) is 12.1 Å². The molecule has 3 nitrogen and oxygen atoms in total. The Hall–Kier alpha value is -2.34. The first-order chi connectivity index (χ1) is 11.5. The fourth-order valence-electron chi connectivity index (χ4n) is 2.30. The van der Waals surface area contributed by atoms with Crippen molar-refractivity contribution in [2.24, 2.45) is 5.73 Å². The van der Waals surface area contributed by atoms with Crippen molar-refractivity contribution in [2.45, 2.75) is 38.4 Å². The van der Waals surface area contributed by atoms with E-state index < -0.39 is 23.7 Å². The molecular weight excluding hydrogens is 329 g/mol. The predicted molar refractivity (Wildman–Crippen MR) is 92.1 cm³/mol. The topological polar surface area (TPSA) is 55.1 Å². The predicted octanol–water partition coefficient (Wildman–Crippen LogP) is 4.64. The van der Waals surface area contributed by atoms with E-state index in [4.69, 9.17) is 5.73 Å². The average Bonchev–Trinajstić information content (AvgIpc) is 2.53. The highest BCUT2D eigenvalue weighted by Crippen LogP contribution is 2.30. The SMILES string of the molecule is CC(C)(C)c1ccc(NC(=O)[C@H](N)c2ccc(C(F)(F)F)cc2)cc1. The van der Waals surface area contributed by atoms with E-state index in [1.807, 2.05) is 12.1 Å². The Morgan fingerprint density at radius 3 is 1.84 bits per heavy atom. The van der Waals surface area contributed by atoms with Crippen LogP contribution in [0.1, 0.15) is 43.5 Å². The van der Waals surface area contributed by atoms with Crippen LogP contribution in [0, 0.1) is 0 Å². The van der Waals surface area contributed by atoms with Crippen molar-refractivity contribution in [3.8, 4) is 0 Å². The number of hydrogen-bond donors (Lipinski definition) is 2. The molecule has 0 heterocycles. The second-order valence-electron chi connectivity index (χ2n) is 6.91.